The summed E-state index contributed by atoms with van der Waals surface area (Å²) >= 11 is 0. The molecule has 4 rings (SSSR count). The summed E-state index contributed by atoms with van der Waals surface area (Å²) in [5.41, 5.74) is 0.740. The van der Waals surface area contributed by atoms with Gasteiger partial charge in [0.05, 0.1) is 24.3 Å². The molecule has 38 heavy (non-hydrogen) atoms. The predicted octanol–water partition coefficient (Wildman–Crippen LogP) is 4.07. The van der Waals surface area contributed by atoms with E-state index in [1.807, 2.05) is 0 Å². The van der Waals surface area contributed by atoms with E-state index in [0.29, 0.717) is 49.1 Å². The van der Waals surface area contributed by atoms with E-state index in [9.17, 15) is 9.18 Å². The Kier molecular flexibility index (Phi) is 9.97. The van der Waals surface area contributed by atoms with Crippen LogP contribution in [0.5, 0.6) is 5.75 Å². The fraction of sp³-hybridized carbons (Fsp3) is 0.519. The number of benzene rings is 1. The fourth-order valence-corrected chi connectivity index (χ4v) is 4.40. The number of halogens is 1. The van der Waals surface area contributed by atoms with Crippen molar-refractivity contribution >= 4 is 11.9 Å². The number of nitrogens with one attached hydrogen (secondary N) is 1. The third-order valence-electron chi connectivity index (χ3n) is 6.53. The first kappa shape index (κ1) is 27.4. The molecule has 1 aromatic carbocycles. The van der Waals surface area contributed by atoms with Crippen molar-refractivity contribution < 1.29 is 23.2 Å². The fourth-order valence-electron chi connectivity index (χ4n) is 4.40. The van der Waals surface area contributed by atoms with Crippen LogP contribution in [0.4, 0.5) is 10.3 Å². The highest BCUT2D eigenvalue weighted by atomic mass is 19.1. The maximum absolute atomic E-state index is 14.3. The van der Waals surface area contributed by atoms with E-state index >= 15 is 0 Å². The number of hydrogen-bond donors (Lipinski definition) is 1. The smallest absolute Gasteiger partial charge is 0.254 e. The summed E-state index contributed by atoms with van der Waals surface area (Å²) in [7, 11) is 1.54. The second-order valence-electron chi connectivity index (χ2n) is 9.34. The SMILES string of the molecule is CCCc1nc(-c2cnc(N3CCC(CCCOc4ccc(C(=O)NCCOC)c(F)c4)CC3)nc2)no1. The number of methoxy groups -OCH3 is 1. The highest BCUT2D eigenvalue weighted by Gasteiger charge is 2.21. The van der Waals surface area contributed by atoms with Crippen molar-refractivity contribution in [1.29, 1.82) is 0 Å². The third kappa shape index (κ3) is 7.47. The lowest BCUT2D eigenvalue weighted by molar-refractivity contribution is 0.0933. The molecule has 0 saturated carbocycles. The summed E-state index contributed by atoms with van der Waals surface area (Å²) < 4.78 is 30.2. The van der Waals surface area contributed by atoms with Gasteiger partial charge in [0.15, 0.2) is 0 Å². The van der Waals surface area contributed by atoms with Gasteiger partial charge in [0.1, 0.15) is 11.6 Å². The van der Waals surface area contributed by atoms with Gasteiger partial charge in [-0.15, -0.1) is 0 Å². The lowest BCUT2D eigenvalue weighted by atomic mass is 9.92. The summed E-state index contributed by atoms with van der Waals surface area (Å²) in [6.45, 7) is 5.06. The minimum absolute atomic E-state index is 0.00486. The van der Waals surface area contributed by atoms with Crippen LogP contribution in [-0.4, -0.2) is 66.0 Å². The van der Waals surface area contributed by atoms with Gasteiger partial charge in [0, 0.05) is 51.6 Å². The molecule has 10 nitrogen and oxygen atoms in total. The number of amides is 1. The molecule has 1 amide bonds. The van der Waals surface area contributed by atoms with Crippen molar-refractivity contribution in [3.63, 3.8) is 0 Å². The van der Waals surface area contributed by atoms with Crippen LogP contribution >= 0.6 is 0 Å². The third-order valence-corrected chi connectivity index (χ3v) is 6.53. The van der Waals surface area contributed by atoms with E-state index in [0.717, 1.165) is 57.2 Å². The Morgan fingerprint density at radius 2 is 2.00 bits per heavy atom. The van der Waals surface area contributed by atoms with Crippen LogP contribution < -0.4 is 15.0 Å². The van der Waals surface area contributed by atoms with Crippen molar-refractivity contribution in [2.24, 2.45) is 5.92 Å². The van der Waals surface area contributed by atoms with Crippen molar-refractivity contribution in [1.82, 2.24) is 25.4 Å². The highest BCUT2D eigenvalue weighted by Crippen LogP contribution is 2.25. The van der Waals surface area contributed by atoms with Gasteiger partial charge in [-0.1, -0.05) is 12.1 Å². The Bertz CT molecular complexity index is 1160. The Balaban J connectivity index is 1.16. The van der Waals surface area contributed by atoms with E-state index in [-0.39, 0.29) is 5.56 Å². The van der Waals surface area contributed by atoms with E-state index in [4.69, 9.17) is 14.0 Å². The maximum atomic E-state index is 14.3. The van der Waals surface area contributed by atoms with Crippen LogP contribution in [0.25, 0.3) is 11.4 Å². The standard InChI is InChI=1S/C27H35FN6O4/c1-3-5-24-32-25(33-38-24)20-17-30-27(31-18-20)34-12-9-19(10-13-34)6-4-14-37-21-7-8-22(23(28)16-21)26(35)29-11-15-36-2/h7-8,16-19H,3-6,9-15H2,1-2H3,(H,29,35). The number of aryl methyl sites for hydroxylation is 1. The van der Waals surface area contributed by atoms with Crippen molar-refractivity contribution in [3.05, 3.63) is 47.9 Å². The molecule has 1 fully saturated rings. The van der Waals surface area contributed by atoms with E-state index in [1.54, 1.807) is 25.6 Å². The van der Waals surface area contributed by atoms with E-state index < -0.39 is 11.7 Å². The molecule has 1 aliphatic rings. The van der Waals surface area contributed by atoms with Crippen LogP contribution in [0, 0.1) is 11.7 Å². The summed E-state index contributed by atoms with van der Waals surface area (Å²) in [5, 5.41) is 6.62. The second-order valence-corrected chi connectivity index (χ2v) is 9.34. The number of ether oxygens (including phenoxy) is 2. The van der Waals surface area contributed by atoms with Crippen LogP contribution in [0.3, 0.4) is 0 Å². The summed E-state index contributed by atoms with van der Waals surface area (Å²) in [6.07, 6.45) is 9.22. The van der Waals surface area contributed by atoms with Gasteiger partial charge in [-0.05, 0) is 50.2 Å². The van der Waals surface area contributed by atoms with Crippen LogP contribution in [0.1, 0.15) is 55.3 Å². The number of piperidine rings is 1. The largest absolute Gasteiger partial charge is 0.493 e. The van der Waals surface area contributed by atoms with Crippen LogP contribution in [-0.2, 0) is 11.2 Å². The maximum Gasteiger partial charge on any atom is 0.254 e. The molecule has 11 heteroatoms. The first-order chi connectivity index (χ1) is 18.6. The molecule has 2 aromatic heterocycles. The quantitative estimate of drug-likeness (QED) is 0.329. The number of aromatic nitrogens is 4. The van der Waals surface area contributed by atoms with E-state index in [1.165, 1.54) is 12.1 Å². The normalized spacial score (nSPS) is 14.0. The molecule has 0 spiro atoms. The topological polar surface area (TPSA) is 116 Å². The molecular formula is C27H35FN6O4. The lowest BCUT2D eigenvalue weighted by Gasteiger charge is -2.32. The first-order valence-electron chi connectivity index (χ1n) is 13.2. The molecule has 1 N–H and O–H groups in total. The Labute approximate surface area is 222 Å². The molecule has 0 unspecified atom stereocenters. The highest BCUT2D eigenvalue weighted by molar-refractivity contribution is 5.94. The number of nitrogens with zero attached hydrogens (tertiary/aromatic N) is 5. The average molecular weight is 527 g/mol. The van der Waals surface area contributed by atoms with Gasteiger partial charge in [0.2, 0.25) is 17.7 Å². The van der Waals surface area contributed by atoms with Crippen molar-refractivity contribution in [2.75, 3.05) is 44.9 Å². The summed E-state index contributed by atoms with van der Waals surface area (Å²) in [5.74, 6) is 1.82. The number of anilines is 1. The monoisotopic (exact) mass is 526 g/mol. The van der Waals surface area contributed by atoms with Gasteiger partial charge in [0.25, 0.3) is 5.91 Å². The van der Waals surface area contributed by atoms with Gasteiger partial charge >= 0.3 is 0 Å². The number of carbonyl (C=O) groups is 1. The lowest BCUT2D eigenvalue weighted by Crippen LogP contribution is -2.34. The van der Waals surface area contributed by atoms with E-state index in [2.05, 4.69) is 37.2 Å². The molecule has 0 bridgehead atoms. The Morgan fingerprint density at radius 1 is 1.21 bits per heavy atom. The molecule has 0 radical (unpaired) electrons. The van der Waals surface area contributed by atoms with Crippen LogP contribution in [0.2, 0.25) is 0 Å². The zero-order valence-electron chi connectivity index (χ0n) is 22.0. The summed E-state index contributed by atoms with van der Waals surface area (Å²) in [6, 6.07) is 4.34. The van der Waals surface area contributed by atoms with Gasteiger partial charge in [-0.2, -0.15) is 4.98 Å². The minimum Gasteiger partial charge on any atom is -0.493 e. The Morgan fingerprint density at radius 3 is 2.71 bits per heavy atom. The van der Waals surface area contributed by atoms with Gasteiger partial charge in [-0.25, -0.2) is 14.4 Å². The molecular weight excluding hydrogens is 491 g/mol. The molecule has 0 aliphatic carbocycles. The van der Waals surface area contributed by atoms with Gasteiger partial charge in [-0.3, -0.25) is 4.79 Å². The molecule has 3 aromatic rings. The minimum atomic E-state index is -0.599. The average Bonchev–Trinajstić information content (AvgIpc) is 3.41. The van der Waals surface area contributed by atoms with Gasteiger partial charge < -0.3 is 24.2 Å². The number of rotatable bonds is 13. The first-order valence-corrected chi connectivity index (χ1v) is 13.2. The number of carbonyl (C=O) groups excluding carboxylic acids is 1. The molecule has 3 heterocycles. The van der Waals surface area contributed by atoms with Crippen LogP contribution in [0.15, 0.2) is 35.1 Å². The van der Waals surface area contributed by atoms with Crippen molar-refractivity contribution in [3.8, 4) is 17.1 Å². The molecule has 0 atom stereocenters. The Hall–Kier alpha value is -3.60. The second kappa shape index (κ2) is 13.8. The zero-order chi connectivity index (χ0) is 26.7. The zero-order valence-corrected chi connectivity index (χ0v) is 22.0. The summed E-state index contributed by atoms with van der Waals surface area (Å²) in [4.78, 5) is 27.7. The van der Waals surface area contributed by atoms with Crippen molar-refractivity contribution in [2.45, 2.75) is 45.4 Å². The predicted molar refractivity (Wildman–Crippen MR) is 140 cm³/mol. The molecule has 204 valence electrons. The molecule has 1 saturated heterocycles. The molecule has 1 aliphatic heterocycles. The number of hydrogen-bond acceptors (Lipinski definition) is 9.